The van der Waals surface area contributed by atoms with Crippen LogP contribution in [0.4, 0.5) is 5.69 Å². The summed E-state index contributed by atoms with van der Waals surface area (Å²) >= 11 is 6.02. The smallest absolute Gasteiger partial charge is 0.251 e. The lowest BCUT2D eigenvalue weighted by Crippen LogP contribution is -2.31. The second kappa shape index (κ2) is 4.86. The minimum atomic E-state index is -0.563. The predicted molar refractivity (Wildman–Crippen MR) is 67.8 cm³/mol. The van der Waals surface area contributed by atoms with Crippen LogP contribution in [0.25, 0.3) is 0 Å². The molecule has 1 heterocycles. The van der Waals surface area contributed by atoms with E-state index in [0.29, 0.717) is 16.5 Å². The molecule has 1 saturated heterocycles. The second-order valence-corrected chi connectivity index (χ2v) is 4.45. The molecule has 2 rings (SSSR count). The van der Waals surface area contributed by atoms with E-state index in [-0.39, 0.29) is 18.2 Å². The Morgan fingerprint density at radius 2 is 2.17 bits per heavy atom. The summed E-state index contributed by atoms with van der Waals surface area (Å²) in [6.07, 6.45) is 0.142. The number of carbonyl (C=O) groups is 2. The number of halogens is 1. The van der Waals surface area contributed by atoms with Crippen LogP contribution in [0.1, 0.15) is 6.42 Å². The lowest BCUT2D eigenvalue weighted by molar-refractivity contribution is -0.136. The number of nitrogens with one attached hydrogen (secondary N) is 1. The molecular weight excluding hydrogens is 256 g/mol. The number of imide groups is 1. The van der Waals surface area contributed by atoms with E-state index in [0.717, 1.165) is 4.90 Å². The Kier molecular flexibility index (Phi) is 3.43. The minimum Gasteiger partial charge on any atom is -0.497 e. The molecule has 2 amide bonds. The van der Waals surface area contributed by atoms with Crippen LogP contribution in [0.15, 0.2) is 18.2 Å². The highest BCUT2D eigenvalue weighted by atomic mass is 35.5. The van der Waals surface area contributed by atoms with E-state index < -0.39 is 6.04 Å². The zero-order valence-electron chi connectivity index (χ0n) is 10.1. The van der Waals surface area contributed by atoms with E-state index in [1.54, 1.807) is 25.3 Å². The van der Waals surface area contributed by atoms with Gasteiger partial charge in [0.2, 0.25) is 5.91 Å². The molecule has 1 atom stereocenters. The third-order valence-electron chi connectivity index (χ3n) is 2.88. The lowest BCUT2D eigenvalue weighted by atomic mass is 10.2. The van der Waals surface area contributed by atoms with Gasteiger partial charge < -0.3 is 10.1 Å². The molecule has 1 aliphatic rings. The number of nitrogens with zero attached hydrogens (tertiary/aromatic N) is 1. The van der Waals surface area contributed by atoms with Crippen molar-refractivity contribution in [3.8, 4) is 5.75 Å². The van der Waals surface area contributed by atoms with Crippen LogP contribution in [0.2, 0.25) is 5.02 Å². The molecule has 1 fully saturated rings. The maximum absolute atomic E-state index is 11.8. The monoisotopic (exact) mass is 268 g/mol. The summed E-state index contributed by atoms with van der Waals surface area (Å²) in [4.78, 5) is 24.3. The van der Waals surface area contributed by atoms with Gasteiger partial charge >= 0.3 is 0 Å². The standard InChI is InChI=1S/C12H13ClN2O3/c1-15-11(16)6-10(12(15)17)14-9-5-7(18-2)3-4-8(9)13/h3-5,10,14H,6H2,1-2H3. The van der Waals surface area contributed by atoms with Crippen molar-refractivity contribution >= 4 is 29.1 Å². The minimum absolute atomic E-state index is 0.142. The number of rotatable bonds is 3. The summed E-state index contributed by atoms with van der Waals surface area (Å²) in [6.45, 7) is 0. The number of anilines is 1. The van der Waals surface area contributed by atoms with Gasteiger partial charge in [0.15, 0.2) is 0 Å². The molecule has 96 valence electrons. The van der Waals surface area contributed by atoms with E-state index in [1.165, 1.54) is 7.05 Å². The first-order chi connectivity index (χ1) is 8.52. The molecule has 0 spiro atoms. The molecule has 6 heteroatoms. The van der Waals surface area contributed by atoms with Gasteiger partial charge in [-0.1, -0.05) is 11.6 Å². The first-order valence-electron chi connectivity index (χ1n) is 5.43. The summed E-state index contributed by atoms with van der Waals surface area (Å²) in [5.74, 6) is 0.183. The zero-order chi connectivity index (χ0) is 13.3. The number of methoxy groups -OCH3 is 1. The molecule has 1 aromatic rings. The Labute approximate surface area is 110 Å². The largest absolute Gasteiger partial charge is 0.497 e. The number of hydrogen-bond acceptors (Lipinski definition) is 4. The Hall–Kier alpha value is -1.75. The number of amides is 2. The first kappa shape index (κ1) is 12.7. The summed E-state index contributed by atoms with van der Waals surface area (Å²) in [5, 5.41) is 3.45. The highest BCUT2D eigenvalue weighted by Gasteiger charge is 2.36. The van der Waals surface area contributed by atoms with Gasteiger partial charge in [-0.25, -0.2) is 0 Å². The molecule has 0 saturated carbocycles. The SMILES string of the molecule is COc1ccc(Cl)c(NC2CC(=O)N(C)C2=O)c1. The third-order valence-corrected chi connectivity index (χ3v) is 3.21. The van der Waals surface area contributed by atoms with Crippen LogP contribution in [0, 0.1) is 0 Å². The van der Waals surface area contributed by atoms with Crippen molar-refractivity contribution < 1.29 is 14.3 Å². The average Bonchev–Trinajstić information content (AvgIpc) is 2.60. The van der Waals surface area contributed by atoms with Gasteiger partial charge in [0.05, 0.1) is 24.2 Å². The number of likely N-dealkylation sites (N-methyl/N-ethyl adjacent to an activating group) is 1. The lowest BCUT2D eigenvalue weighted by Gasteiger charge is -2.14. The zero-order valence-corrected chi connectivity index (χ0v) is 10.8. The molecule has 5 nitrogen and oxygen atoms in total. The molecule has 18 heavy (non-hydrogen) atoms. The van der Waals surface area contributed by atoms with Gasteiger partial charge in [-0.3, -0.25) is 14.5 Å². The van der Waals surface area contributed by atoms with Gasteiger partial charge in [-0.15, -0.1) is 0 Å². The first-order valence-corrected chi connectivity index (χ1v) is 5.81. The second-order valence-electron chi connectivity index (χ2n) is 4.04. The van der Waals surface area contributed by atoms with Crippen molar-refractivity contribution in [1.29, 1.82) is 0 Å². The van der Waals surface area contributed by atoms with Crippen LogP contribution in [-0.2, 0) is 9.59 Å². The molecule has 1 unspecified atom stereocenters. The van der Waals surface area contributed by atoms with Crippen molar-refractivity contribution in [1.82, 2.24) is 4.90 Å². The molecule has 0 aromatic heterocycles. The van der Waals surface area contributed by atoms with Crippen LogP contribution in [0.5, 0.6) is 5.75 Å². The van der Waals surface area contributed by atoms with Crippen LogP contribution in [-0.4, -0.2) is 36.9 Å². The maximum atomic E-state index is 11.8. The number of hydrogen-bond donors (Lipinski definition) is 1. The highest BCUT2D eigenvalue weighted by molar-refractivity contribution is 6.33. The Morgan fingerprint density at radius 3 is 2.72 bits per heavy atom. The van der Waals surface area contributed by atoms with Crippen molar-refractivity contribution in [3.05, 3.63) is 23.2 Å². The normalized spacial score (nSPS) is 19.3. The topological polar surface area (TPSA) is 58.6 Å². The molecule has 1 aliphatic heterocycles. The fourth-order valence-electron chi connectivity index (χ4n) is 1.80. The van der Waals surface area contributed by atoms with Gasteiger partial charge in [-0.05, 0) is 12.1 Å². The van der Waals surface area contributed by atoms with E-state index in [1.807, 2.05) is 0 Å². The fourth-order valence-corrected chi connectivity index (χ4v) is 1.97. The van der Waals surface area contributed by atoms with Gasteiger partial charge in [0.25, 0.3) is 5.91 Å². The number of ether oxygens (including phenoxy) is 1. The van der Waals surface area contributed by atoms with Gasteiger partial charge in [-0.2, -0.15) is 0 Å². The van der Waals surface area contributed by atoms with Gasteiger partial charge in [0, 0.05) is 13.1 Å². The van der Waals surface area contributed by atoms with E-state index >= 15 is 0 Å². The Balaban J connectivity index is 2.19. The Morgan fingerprint density at radius 1 is 1.44 bits per heavy atom. The molecule has 1 aromatic carbocycles. The van der Waals surface area contributed by atoms with Crippen molar-refractivity contribution in [2.45, 2.75) is 12.5 Å². The summed E-state index contributed by atoms with van der Waals surface area (Å²) in [5.41, 5.74) is 0.581. The average molecular weight is 269 g/mol. The maximum Gasteiger partial charge on any atom is 0.251 e. The van der Waals surface area contributed by atoms with E-state index in [4.69, 9.17) is 16.3 Å². The molecule has 1 N–H and O–H groups in total. The number of benzene rings is 1. The van der Waals surface area contributed by atoms with Crippen LogP contribution < -0.4 is 10.1 Å². The third kappa shape index (κ3) is 2.26. The Bertz CT molecular complexity index is 504. The van der Waals surface area contributed by atoms with E-state index in [2.05, 4.69) is 5.32 Å². The summed E-state index contributed by atoms with van der Waals surface area (Å²) < 4.78 is 5.08. The molecule has 0 aliphatic carbocycles. The van der Waals surface area contributed by atoms with Crippen LogP contribution >= 0.6 is 11.6 Å². The molecule has 0 radical (unpaired) electrons. The van der Waals surface area contributed by atoms with Crippen molar-refractivity contribution in [2.24, 2.45) is 0 Å². The number of likely N-dealkylation sites (tertiary alicyclic amines) is 1. The van der Waals surface area contributed by atoms with Crippen molar-refractivity contribution in [3.63, 3.8) is 0 Å². The summed E-state index contributed by atoms with van der Waals surface area (Å²) in [6, 6.07) is 4.53. The fraction of sp³-hybridized carbons (Fsp3) is 0.333. The van der Waals surface area contributed by atoms with E-state index in [9.17, 15) is 9.59 Å². The van der Waals surface area contributed by atoms with Crippen molar-refractivity contribution in [2.75, 3.05) is 19.5 Å². The number of carbonyl (C=O) groups excluding carboxylic acids is 2. The van der Waals surface area contributed by atoms with Crippen LogP contribution in [0.3, 0.4) is 0 Å². The molecular formula is C12H13ClN2O3. The van der Waals surface area contributed by atoms with Gasteiger partial charge in [0.1, 0.15) is 11.8 Å². The quantitative estimate of drug-likeness (QED) is 0.845. The highest BCUT2D eigenvalue weighted by Crippen LogP contribution is 2.28. The predicted octanol–water partition coefficient (Wildman–Crippen LogP) is 1.52. The summed E-state index contributed by atoms with van der Waals surface area (Å²) in [7, 11) is 3.02. The molecule has 0 bridgehead atoms.